The smallest absolute Gasteiger partial charge is 0.251 e. The number of amides is 1. The van der Waals surface area contributed by atoms with E-state index < -0.39 is 0 Å². The van der Waals surface area contributed by atoms with Crippen molar-refractivity contribution in [1.82, 2.24) is 5.32 Å². The Morgan fingerprint density at radius 3 is 1.86 bits per heavy atom. The van der Waals surface area contributed by atoms with Crippen molar-refractivity contribution in [3.8, 4) is 11.5 Å². The summed E-state index contributed by atoms with van der Waals surface area (Å²) in [6.07, 6.45) is 2.66. The van der Waals surface area contributed by atoms with Gasteiger partial charge in [0.2, 0.25) is 0 Å². The lowest BCUT2D eigenvalue weighted by atomic mass is 10.1. The molecule has 3 rings (SSSR count). The summed E-state index contributed by atoms with van der Waals surface area (Å²) in [5.74, 6) is 1.60. The molecule has 150 valence electrons. The molecule has 3 aromatic rings. The van der Waals surface area contributed by atoms with E-state index in [-0.39, 0.29) is 5.91 Å². The molecule has 0 atom stereocenters. The van der Waals surface area contributed by atoms with Gasteiger partial charge in [-0.1, -0.05) is 48.5 Å². The second-order valence-electron chi connectivity index (χ2n) is 6.73. The van der Waals surface area contributed by atoms with E-state index in [0.29, 0.717) is 25.3 Å². The second-order valence-corrected chi connectivity index (χ2v) is 6.73. The third-order valence-electron chi connectivity index (χ3n) is 4.48. The Labute approximate surface area is 172 Å². The number of ether oxygens (including phenoxy) is 2. The quantitative estimate of drug-likeness (QED) is 0.475. The molecule has 0 aliphatic rings. The molecule has 0 heterocycles. The average Bonchev–Trinajstić information content (AvgIpc) is 2.78. The molecule has 0 unspecified atom stereocenters. The molecule has 0 aliphatic carbocycles. The third-order valence-corrected chi connectivity index (χ3v) is 4.48. The van der Waals surface area contributed by atoms with E-state index in [1.165, 1.54) is 5.56 Å². The lowest BCUT2D eigenvalue weighted by Crippen LogP contribution is -2.25. The Hall–Kier alpha value is -3.27. The van der Waals surface area contributed by atoms with Gasteiger partial charge >= 0.3 is 0 Å². The molecule has 0 aliphatic heterocycles. The number of hydrogen-bond donors (Lipinski definition) is 1. The van der Waals surface area contributed by atoms with Crippen LogP contribution >= 0.6 is 0 Å². The van der Waals surface area contributed by atoms with E-state index in [9.17, 15) is 4.79 Å². The fourth-order valence-electron chi connectivity index (χ4n) is 2.87. The van der Waals surface area contributed by atoms with Gasteiger partial charge in [0.1, 0.15) is 11.5 Å². The molecule has 4 nitrogen and oxygen atoms in total. The topological polar surface area (TPSA) is 47.6 Å². The zero-order valence-corrected chi connectivity index (χ0v) is 16.6. The van der Waals surface area contributed by atoms with Gasteiger partial charge in [-0.3, -0.25) is 4.79 Å². The third kappa shape index (κ3) is 7.34. The number of para-hydroxylation sites is 1. The van der Waals surface area contributed by atoms with Gasteiger partial charge in [-0.25, -0.2) is 0 Å². The Bertz CT molecular complexity index is 848. The Morgan fingerprint density at radius 1 is 0.690 bits per heavy atom. The zero-order chi connectivity index (χ0) is 20.2. The van der Waals surface area contributed by atoms with Crippen molar-refractivity contribution >= 4 is 5.91 Å². The minimum Gasteiger partial charge on any atom is -0.494 e. The summed E-state index contributed by atoms with van der Waals surface area (Å²) in [6, 6.07) is 27.2. The van der Waals surface area contributed by atoms with Gasteiger partial charge in [-0.15, -0.1) is 0 Å². The highest BCUT2D eigenvalue weighted by Crippen LogP contribution is 2.13. The van der Waals surface area contributed by atoms with Crippen molar-refractivity contribution < 1.29 is 14.3 Å². The maximum absolute atomic E-state index is 12.2. The van der Waals surface area contributed by atoms with Crippen molar-refractivity contribution in [1.29, 1.82) is 0 Å². The van der Waals surface area contributed by atoms with E-state index >= 15 is 0 Å². The molecular weight excluding hydrogens is 362 g/mol. The van der Waals surface area contributed by atoms with E-state index in [2.05, 4.69) is 17.4 Å². The van der Waals surface area contributed by atoms with Crippen molar-refractivity contribution in [3.63, 3.8) is 0 Å². The molecule has 1 amide bonds. The van der Waals surface area contributed by atoms with Crippen LogP contribution < -0.4 is 14.8 Å². The minimum absolute atomic E-state index is 0.0643. The highest BCUT2D eigenvalue weighted by Gasteiger charge is 2.05. The number of nitrogens with one attached hydrogen (secondary N) is 1. The van der Waals surface area contributed by atoms with Crippen molar-refractivity contribution in [3.05, 3.63) is 96.1 Å². The summed E-state index contributed by atoms with van der Waals surface area (Å²) < 4.78 is 11.4. The maximum atomic E-state index is 12.2. The van der Waals surface area contributed by atoms with Crippen molar-refractivity contribution in [2.75, 3.05) is 19.8 Å². The van der Waals surface area contributed by atoms with Crippen LogP contribution in [0, 0.1) is 0 Å². The van der Waals surface area contributed by atoms with Gasteiger partial charge in [-0.05, 0) is 61.2 Å². The van der Waals surface area contributed by atoms with Crippen LogP contribution in [0.2, 0.25) is 0 Å². The molecule has 3 aromatic carbocycles. The number of hydrogen-bond acceptors (Lipinski definition) is 3. The fraction of sp³-hybridized carbons (Fsp3) is 0.240. The summed E-state index contributed by atoms with van der Waals surface area (Å²) in [5.41, 5.74) is 1.85. The predicted octanol–water partition coefficient (Wildman–Crippen LogP) is 4.90. The molecule has 1 N–H and O–H groups in total. The highest BCUT2D eigenvalue weighted by molar-refractivity contribution is 5.94. The molecule has 0 saturated carbocycles. The van der Waals surface area contributed by atoms with Crippen LogP contribution in [0.4, 0.5) is 0 Å². The van der Waals surface area contributed by atoms with Crippen LogP contribution in [0.15, 0.2) is 84.9 Å². The van der Waals surface area contributed by atoms with Gasteiger partial charge < -0.3 is 14.8 Å². The van der Waals surface area contributed by atoms with Crippen LogP contribution in [0.1, 0.15) is 28.8 Å². The SMILES string of the molecule is O=C(NCCc1ccccc1)c1ccc(OCCCCOc2ccccc2)cc1. The molecular formula is C25H27NO3. The van der Waals surface area contributed by atoms with Crippen LogP contribution in [-0.2, 0) is 6.42 Å². The molecule has 0 radical (unpaired) electrons. The van der Waals surface area contributed by atoms with Gasteiger partial charge in [-0.2, -0.15) is 0 Å². The standard InChI is InChI=1S/C25H27NO3/c27-25(26-18-17-21-9-3-1-4-10-21)22-13-15-24(16-14-22)29-20-8-7-19-28-23-11-5-2-6-12-23/h1-6,9-16H,7-8,17-20H2,(H,26,27). The normalized spacial score (nSPS) is 10.3. The molecule has 29 heavy (non-hydrogen) atoms. The van der Waals surface area contributed by atoms with Crippen molar-refractivity contribution in [2.24, 2.45) is 0 Å². The Morgan fingerprint density at radius 2 is 1.24 bits per heavy atom. The first-order chi connectivity index (χ1) is 14.3. The van der Waals surface area contributed by atoms with Crippen molar-refractivity contribution in [2.45, 2.75) is 19.3 Å². The van der Waals surface area contributed by atoms with Crippen LogP contribution in [0.25, 0.3) is 0 Å². The Kier molecular flexibility index (Phi) is 8.15. The summed E-state index contributed by atoms with van der Waals surface area (Å²) in [5, 5.41) is 2.95. The highest BCUT2D eigenvalue weighted by atomic mass is 16.5. The van der Waals surface area contributed by atoms with E-state index in [0.717, 1.165) is 30.8 Å². The van der Waals surface area contributed by atoms with E-state index in [1.807, 2.05) is 60.7 Å². The monoisotopic (exact) mass is 389 g/mol. The molecule has 4 heteroatoms. The summed E-state index contributed by atoms with van der Waals surface area (Å²) >= 11 is 0. The number of benzene rings is 3. The number of carbonyl (C=O) groups excluding carboxylic acids is 1. The molecule has 0 saturated heterocycles. The summed E-state index contributed by atoms with van der Waals surface area (Å²) in [6.45, 7) is 1.92. The lowest BCUT2D eigenvalue weighted by molar-refractivity contribution is 0.0954. The van der Waals surface area contributed by atoms with E-state index in [4.69, 9.17) is 9.47 Å². The molecule has 0 aromatic heterocycles. The molecule has 0 spiro atoms. The van der Waals surface area contributed by atoms with E-state index in [1.54, 1.807) is 12.1 Å². The number of unbranched alkanes of at least 4 members (excludes halogenated alkanes) is 1. The first kappa shape index (κ1) is 20.5. The average molecular weight is 389 g/mol. The van der Waals surface area contributed by atoms with Gasteiger partial charge in [0.15, 0.2) is 0 Å². The van der Waals surface area contributed by atoms with Gasteiger partial charge in [0.25, 0.3) is 5.91 Å². The van der Waals surface area contributed by atoms with Crippen LogP contribution in [-0.4, -0.2) is 25.7 Å². The van der Waals surface area contributed by atoms with Crippen LogP contribution in [0.3, 0.4) is 0 Å². The summed E-state index contributed by atoms with van der Waals surface area (Å²) in [4.78, 5) is 12.2. The number of carbonyl (C=O) groups is 1. The van der Waals surface area contributed by atoms with Crippen LogP contribution in [0.5, 0.6) is 11.5 Å². The Balaban J connectivity index is 1.30. The number of rotatable bonds is 11. The lowest BCUT2D eigenvalue weighted by Gasteiger charge is -2.09. The fourth-order valence-corrected chi connectivity index (χ4v) is 2.87. The maximum Gasteiger partial charge on any atom is 0.251 e. The largest absolute Gasteiger partial charge is 0.494 e. The first-order valence-corrected chi connectivity index (χ1v) is 10.0. The minimum atomic E-state index is -0.0643. The van der Waals surface area contributed by atoms with Gasteiger partial charge in [0, 0.05) is 12.1 Å². The summed E-state index contributed by atoms with van der Waals surface area (Å²) in [7, 11) is 0. The first-order valence-electron chi connectivity index (χ1n) is 10.0. The van der Waals surface area contributed by atoms with Gasteiger partial charge in [0.05, 0.1) is 13.2 Å². The zero-order valence-electron chi connectivity index (χ0n) is 16.6. The second kappa shape index (κ2) is 11.5. The predicted molar refractivity (Wildman–Crippen MR) is 116 cm³/mol. The molecule has 0 bridgehead atoms. The molecule has 0 fully saturated rings.